The summed E-state index contributed by atoms with van der Waals surface area (Å²) < 4.78 is 23.4. The van der Waals surface area contributed by atoms with E-state index in [-0.39, 0.29) is 0 Å². The lowest BCUT2D eigenvalue weighted by Gasteiger charge is -2.02. The minimum absolute atomic E-state index is 0.322. The van der Waals surface area contributed by atoms with Gasteiger partial charge in [-0.05, 0) is 18.2 Å². The second-order valence-corrected chi connectivity index (χ2v) is 2.08. The molecule has 0 heterocycles. The number of hydrogen-bond acceptors (Lipinski definition) is 1. The van der Waals surface area contributed by atoms with E-state index in [0.717, 1.165) is 0 Å². The number of amides is 1. The molecule has 0 aliphatic heterocycles. The van der Waals surface area contributed by atoms with Crippen molar-refractivity contribution in [3.05, 3.63) is 30.3 Å². The largest absolute Gasteiger partial charge is 0.321 e. The minimum Gasteiger partial charge on any atom is -0.321 e. The first kappa shape index (κ1) is 8.64. The summed E-state index contributed by atoms with van der Waals surface area (Å²) in [6, 6.07) is 8.78. The number of anilines is 1. The van der Waals surface area contributed by atoms with E-state index < -0.39 is 12.3 Å². The molecule has 1 rings (SSSR count). The zero-order valence-corrected chi connectivity index (χ0v) is 6.05. The number of carbonyl (C=O) groups is 1. The van der Waals surface area contributed by atoms with Gasteiger partial charge in [0.1, 0.15) is 0 Å². The number of alkyl halides is 2. The Hall–Kier alpha value is -1.45. The molecular weight excluding hydrogens is 164 g/mol. The summed E-state index contributed by atoms with van der Waals surface area (Å²) in [7, 11) is 0. The molecule has 0 bridgehead atoms. The lowest BCUT2D eigenvalue weighted by molar-refractivity contribution is -0.126. The molecule has 1 aromatic carbocycles. The zero-order chi connectivity index (χ0) is 8.97. The highest BCUT2D eigenvalue weighted by Gasteiger charge is 2.14. The number of nitrogens with one attached hydrogen (secondary N) is 1. The van der Waals surface area contributed by atoms with Gasteiger partial charge in [-0.2, -0.15) is 8.78 Å². The summed E-state index contributed by atoms with van der Waals surface area (Å²) in [6.07, 6.45) is -2.98. The highest BCUT2D eigenvalue weighted by atomic mass is 19.3. The number of hydrogen-bond donors (Lipinski definition) is 1. The maximum absolute atomic E-state index is 11.7. The third-order valence-electron chi connectivity index (χ3n) is 1.17. The van der Waals surface area contributed by atoms with Crippen molar-refractivity contribution < 1.29 is 13.6 Å². The molecule has 0 aromatic heterocycles. The monoisotopic (exact) mass is 170 g/mol. The summed E-state index contributed by atoms with van der Waals surface area (Å²) in [5.74, 6) is -1.30. The predicted octanol–water partition coefficient (Wildman–Crippen LogP) is 1.69. The van der Waals surface area contributed by atoms with Crippen LogP contribution in [0.3, 0.4) is 0 Å². The molecule has 0 fully saturated rings. The SMILES string of the molecule is O=C(Nc1c[c]ccc1)C(F)F. The fourth-order valence-electron chi connectivity index (χ4n) is 0.668. The van der Waals surface area contributed by atoms with Crippen molar-refractivity contribution in [1.82, 2.24) is 0 Å². The van der Waals surface area contributed by atoms with Gasteiger partial charge in [0.15, 0.2) is 0 Å². The number of benzene rings is 1. The molecule has 2 nitrogen and oxygen atoms in total. The predicted molar refractivity (Wildman–Crippen MR) is 39.9 cm³/mol. The molecular formula is C8H6F2NO. The Balaban J connectivity index is 2.59. The van der Waals surface area contributed by atoms with Crippen molar-refractivity contribution in [2.45, 2.75) is 6.43 Å². The molecule has 0 aliphatic carbocycles. The van der Waals surface area contributed by atoms with E-state index in [9.17, 15) is 13.6 Å². The molecule has 4 heteroatoms. The lowest BCUT2D eigenvalue weighted by atomic mass is 10.3. The summed E-state index contributed by atoms with van der Waals surface area (Å²) in [5, 5.41) is 2.02. The summed E-state index contributed by atoms with van der Waals surface area (Å²) in [5.41, 5.74) is 0.322. The third kappa shape index (κ3) is 2.30. The van der Waals surface area contributed by atoms with Gasteiger partial charge < -0.3 is 5.32 Å². The maximum atomic E-state index is 11.7. The highest BCUT2D eigenvalue weighted by Crippen LogP contribution is 2.06. The van der Waals surface area contributed by atoms with Crippen LogP contribution < -0.4 is 5.32 Å². The van der Waals surface area contributed by atoms with E-state index in [1.807, 2.05) is 5.32 Å². The average molecular weight is 170 g/mol. The van der Waals surface area contributed by atoms with Gasteiger partial charge >= 0.3 is 6.43 Å². The second-order valence-electron chi connectivity index (χ2n) is 2.08. The molecule has 1 amide bonds. The van der Waals surface area contributed by atoms with Crippen LogP contribution in [0.2, 0.25) is 0 Å². The van der Waals surface area contributed by atoms with E-state index in [1.165, 1.54) is 12.1 Å². The van der Waals surface area contributed by atoms with E-state index in [1.54, 1.807) is 12.1 Å². The first-order chi connectivity index (χ1) is 5.70. The Bertz CT molecular complexity index is 261. The van der Waals surface area contributed by atoms with Crippen LogP contribution >= 0.6 is 0 Å². The van der Waals surface area contributed by atoms with Gasteiger partial charge in [0, 0.05) is 5.69 Å². The molecule has 0 saturated heterocycles. The Morgan fingerprint density at radius 3 is 2.83 bits per heavy atom. The first-order valence-corrected chi connectivity index (χ1v) is 3.25. The van der Waals surface area contributed by atoms with Crippen molar-refractivity contribution in [2.24, 2.45) is 0 Å². The van der Waals surface area contributed by atoms with Crippen LogP contribution in [0.4, 0.5) is 14.5 Å². The van der Waals surface area contributed by atoms with Crippen LogP contribution in [0.15, 0.2) is 24.3 Å². The summed E-state index contributed by atoms with van der Waals surface area (Å²) >= 11 is 0. The summed E-state index contributed by atoms with van der Waals surface area (Å²) in [4.78, 5) is 10.4. The molecule has 0 spiro atoms. The van der Waals surface area contributed by atoms with Gasteiger partial charge in [-0.15, -0.1) is 0 Å². The molecule has 12 heavy (non-hydrogen) atoms. The Labute approximate surface area is 68.2 Å². The van der Waals surface area contributed by atoms with Crippen LogP contribution in [0.1, 0.15) is 0 Å². The van der Waals surface area contributed by atoms with Crippen LogP contribution in [0.5, 0.6) is 0 Å². The fourth-order valence-corrected chi connectivity index (χ4v) is 0.668. The zero-order valence-electron chi connectivity index (χ0n) is 6.05. The summed E-state index contributed by atoms with van der Waals surface area (Å²) in [6.45, 7) is 0. The van der Waals surface area contributed by atoms with E-state index >= 15 is 0 Å². The lowest BCUT2D eigenvalue weighted by Crippen LogP contribution is -2.19. The van der Waals surface area contributed by atoms with Crippen molar-refractivity contribution >= 4 is 11.6 Å². The van der Waals surface area contributed by atoms with Crippen LogP contribution in [-0.4, -0.2) is 12.3 Å². The Morgan fingerprint density at radius 2 is 2.33 bits per heavy atom. The topological polar surface area (TPSA) is 29.1 Å². The normalized spacial score (nSPS) is 9.92. The van der Waals surface area contributed by atoms with Crippen molar-refractivity contribution in [3.63, 3.8) is 0 Å². The van der Waals surface area contributed by atoms with Gasteiger partial charge in [-0.25, -0.2) is 0 Å². The first-order valence-electron chi connectivity index (χ1n) is 3.25. The molecule has 1 radical (unpaired) electrons. The standard InChI is InChI=1S/C8H6F2NO/c9-7(10)8(12)11-6-4-2-1-3-5-6/h1-2,4-5,7H,(H,11,12). The quantitative estimate of drug-likeness (QED) is 0.718. The fraction of sp³-hybridized carbons (Fsp3) is 0.125. The van der Waals surface area contributed by atoms with Crippen molar-refractivity contribution in [2.75, 3.05) is 5.32 Å². The Morgan fingerprint density at radius 1 is 1.58 bits per heavy atom. The Kier molecular flexibility index (Phi) is 2.74. The number of halogens is 2. The van der Waals surface area contributed by atoms with Crippen molar-refractivity contribution in [1.29, 1.82) is 0 Å². The molecule has 0 unspecified atom stereocenters. The van der Waals surface area contributed by atoms with Gasteiger partial charge in [0.25, 0.3) is 5.91 Å². The van der Waals surface area contributed by atoms with Crippen LogP contribution in [0, 0.1) is 6.07 Å². The highest BCUT2D eigenvalue weighted by molar-refractivity contribution is 5.92. The van der Waals surface area contributed by atoms with E-state index in [2.05, 4.69) is 6.07 Å². The van der Waals surface area contributed by atoms with Gasteiger partial charge in [0.05, 0.1) is 0 Å². The van der Waals surface area contributed by atoms with E-state index in [0.29, 0.717) is 5.69 Å². The van der Waals surface area contributed by atoms with Gasteiger partial charge in [-0.3, -0.25) is 4.79 Å². The van der Waals surface area contributed by atoms with Crippen LogP contribution in [0.25, 0.3) is 0 Å². The minimum atomic E-state index is -2.98. The smallest absolute Gasteiger partial charge is 0.315 e. The third-order valence-corrected chi connectivity index (χ3v) is 1.17. The molecule has 0 aliphatic rings. The molecule has 1 aromatic rings. The van der Waals surface area contributed by atoms with Crippen molar-refractivity contribution in [3.8, 4) is 0 Å². The van der Waals surface area contributed by atoms with E-state index in [4.69, 9.17) is 0 Å². The molecule has 0 saturated carbocycles. The van der Waals surface area contributed by atoms with Gasteiger partial charge in [0.2, 0.25) is 0 Å². The van der Waals surface area contributed by atoms with Crippen LogP contribution in [-0.2, 0) is 4.79 Å². The number of rotatable bonds is 2. The molecule has 63 valence electrons. The maximum Gasteiger partial charge on any atom is 0.315 e. The molecule has 1 N–H and O–H groups in total. The number of carbonyl (C=O) groups excluding carboxylic acids is 1. The average Bonchev–Trinajstić information content (AvgIpc) is 2.06. The molecule has 0 atom stereocenters. The van der Waals surface area contributed by atoms with Gasteiger partial charge in [-0.1, -0.05) is 12.1 Å². The second kappa shape index (κ2) is 3.80.